The van der Waals surface area contributed by atoms with Crippen LogP contribution in [0.25, 0.3) is 0 Å². The van der Waals surface area contributed by atoms with E-state index in [-0.39, 0.29) is 41.1 Å². The average molecular weight is 152 g/mol. The Labute approximate surface area is 84.6 Å². The van der Waals surface area contributed by atoms with E-state index >= 15 is 0 Å². The van der Waals surface area contributed by atoms with Gasteiger partial charge in [-0.25, -0.2) is 0 Å². The number of hydrogen-bond acceptors (Lipinski definition) is 2. The molecule has 0 N–H and O–H groups in total. The molecule has 0 aromatic rings. The van der Waals surface area contributed by atoms with E-state index in [4.69, 9.17) is 4.74 Å². The Hall–Kier alpha value is 0.340. The second kappa shape index (κ2) is 5.05. The Balaban J connectivity index is 0. The van der Waals surface area contributed by atoms with Crippen molar-refractivity contribution in [1.82, 2.24) is 0 Å². The molecule has 0 rings (SSSR count). The van der Waals surface area contributed by atoms with Crippen LogP contribution in [0.1, 0.15) is 27.7 Å². The van der Waals surface area contributed by atoms with Crippen molar-refractivity contribution >= 4 is 0 Å². The Morgan fingerprint density at radius 2 is 1.80 bits per heavy atom. The third kappa shape index (κ3) is 8.34. The number of ether oxygens (including phenoxy) is 1. The van der Waals surface area contributed by atoms with Crippen LogP contribution >= 0.6 is 0 Å². The van der Waals surface area contributed by atoms with E-state index in [2.05, 4.69) is 0 Å². The summed E-state index contributed by atoms with van der Waals surface area (Å²) < 4.78 is 4.89. The van der Waals surface area contributed by atoms with Gasteiger partial charge in [-0.05, 0) is 6.92 Å². The maximum Gasteiger partial charge on any atom is 1.00 e. The number of allylic oxidation sites excluding steroid dienone is 1. The molecule has 3 heteroatoms. The van der Waals surface area contributed by atoms with E-state index in [1.54, 1.807) is 6.92 Å². The van der Waals surface area contributed by atoms with E-state index in [1.165, 1.54) is 6.08 Å². The molecule has 0 fully saturated rings. The molecular formula is C7H13NaO2. The third-order valence-electron chi connectivity index (χ3n) is 0.642. The number of rotatable bonds is 1. The monoisotopic (exact) mass is 152 g/mol. The van der Waals surface area contributed by atoms with E-state index in [0.717, 1.165) is 0 Å². The maximum atomic E-state index is 10.5. The van der Waals surface area contributed by atoms with E-state index in [9.17, 15) is 5.11 Å². The summed E-state index contributed by atoms with van der Waals surface area (Å²) in [6, 6.07) is 0. The summed E-state index contributed by atoms with van der Waals surface area (Å²) in [7, 11) is 0. The van der Waals surface area contributed by atoms with Crippen molar-refractivity contribution in [2.45, 2.75) is 33.3 Å². The molecule has 0 aromatic heterocycles. The summed E-state index contributed by atoms with van der Waals surface area (Å²) in [6.07, 6.45) is 1.41. The molecule has 54 valence electrons. The Morgan fingerprint density at radius 3 is 1.90 bits per heavy atom. The van der Waals surface area contributed by atoms with Crippen LogP contribution in [0.15, 0.2) is 12.0 Å². The molecule has 0 aliphatic carbocycles. The van der Waals surface area contributed by atoms with Crippen molar-refractivity contribution in [2.24, 2.45) is 0 Å². The largest absolute Gasteiger partial charge is 1.00 e. The van der Waals surface area contributed by atoms with Gasteiger partial charge in [0, 0.05) is 11.5 Å². The summed E-state index contributed by atoms with van der Waals surface area (Å²) in [5.41, 5.74) is -0.358. The Kier molecular flexibility index (Phi) is 6.55. The topological polar surface area (TPSA) is 32.3 Å². The van der Waals surface area contributed by atoms with Crippen LogP contribution < -0.4 is 34.7 Å². The van der Waals surface area contributed by atoms with Crippen molar-refractivity contribution in [2.75, 3.05) is 0 Å². The molecule has 0 atom stereocenters. The van der Waals surface area contributed by atoms with Gasteiger partial charge in [0.15, 0.2) is 0 Å². The molecule has 0 bridgehead atoms. The first-order valence-electron chi connectivity index (χ1n) is 2.98. The molecule has 2 nitrogen and oxygen atoms in total. The van der Waals surface area contributed by atoms with Crippen LogP contribution in [0, 0.1) is 0 Å². The normalized spacial score (nSPS) is 12.2. The second-order valence-electron chi connectivity index (χ2n) is 2.82. The zero-order valence-corrected chi connectivity index (χ0v) is 9.39. The van der Waals surface area contributed by atoms with Crippen LogP contribution in [-0.4, -0.2) is 5.60 Å². The summed E-state index contributed by atoms with van der Waals surface area (Å²) in [5, 5.41) is 10.5. The molecular weight excluding hydrogens is 139 g/mol. The van der Waals surface area contributed by atoms with E-state index < -0.39 is 0 Å². The average Bonchev–Trinajstić information content (AvgIpc) is 1.62. The van der Waals surface area contributed by atoms with Gasteiger partial charge in [-0.1, -0.05) is 26.8 Å². The molecule has 0 heterocycles. The minimum Gasteiger partial charge on any atom is -0.608 e. The van der Waals surface area contributed by atoms with Gasteiger partial charge >= 0.3 is 29.6 Å². The van der Waals surface area contributed by atoms with Crippen molar-refractivity contribution in [1.29, 1.82) is 0 Å². The van der Waals surface area contributed by atoms with E-state index in [1.807, 2.05) is 20.8 Å². The summed E-state index contributed by atoms with van der Waals surface area (Å²) in [6.45, 7) is 7.19. The minimum atomic E-state index is -0.358. The van der Waals surface area contributed by atoms with Gasteiger partial charge in [-0.15, -0.1) is 0 Å². The predicted octanol–water partition coefficient (Wildman–Crippen LogP) is -1.97. The Morgan fingerprint density at radius 1 is 1.40 bits per heavy atom. The van der Waals surface area contributed by atoms with Crippen molar-refractivity contribution in [3.63, 3.8) is 0 Å². The molecule has 0 spiro atoms. The van der Waals surface area contributed by atoms with Gasteiger partial charge in [0.05, 0.1) is 0 Å². The quantitative estimate of drug-likeness (QED) is 0.322. The first-order chi connectivity index (χ1) is 3.95. The Bertz CT molecular complexity index is 113. The molecule has 0 radical (unpaired) electrons. The van der Waals surface area contributed by atoms with Crippen molar-refractivity contribution < 1.29 is 39.4 Å². The van der Waals surface area contributed by atoms with Crippen LogP contribution in [0.3, 0.4) is 0 Å². The third-order valence-corrected chi connectivity index (χ3v) is 0.642. The zero-order chi connectivity index (χ0) is 7.49. The molecule has 0 aliphatic rings. The standard InChI is InChI=1S/C7H14O2.Na/c1-5-6(8)9-7(2,3)4;/h5,8H,1-4H3;/q;+1/p-1/b6-5-;. The second-order valence-corrected chi connectivity index (χ2v) is 2.82. The molecule has 0 aliphatic heterocycles. The molecule has 0 saturated carbocycles. The summed E-state index contributed by atoms with van der Waals surface area (Å²) >= 11 is 0. The molecule has 0 unspecified atom stereocenters. The van der Waals surface area contributed by atoms with Gasteiger partial charge in [0.1, 0.15) is 0 Å². The van der Waals surface area contributed by atoms with Gasteiger partial charge in [0.2, 0.25) is 0 Å². The summed E-state index contributed by atoms with van der Waals surface area (Å²) in [5.74, 6) is -0.262. The molecule has 0 saturated heterocycles. The van der Waals surface area contributed by atoms with Crippen LogP contribution in [0.4, 0.5) is 0 Å². The predicted molar refractivity (Wildman–Crippen MR) is 34.6 cm³/mol. The zero-order valence-electron chi connectivity index (χ0n) is 7.39. The molecule has 0 aromatic carbocycles. The van der Waals surface area contributed by atoms with E-state index in [0.29, 0.717) is 0 Å². The fraction of sp³-hybridized carbons (Fsp3) is 0.714. The summed E-state index contributed by atoms with van der Waals surface area (Å²) in [4.78, 5) is 0. The fourth-order valence-corrected chi connectivity index (χ4v) is 0.361. The van der Waals surface area contributed by atoms with Gasteiger partial charge in [0.25, 0.3) is 0 Å². The maximum absolute atomic E-state index is 10.5. The van der Waals surface area contributed by atoms with Gasteiger partial charge in [-0.2, -0.15) is 0 Å². The van der Waals surface area contributed by atoms with Crippen molar-refractivity contribution in [3.05, 3.63) is 12.0 Å². The molecule has 0 amide bonds. The van der Waals surface area contributed by atoms with Gasteiger partial charge in [-0.3, -0.25) is 0 Å². The van der Waals surface area contributed by atoms with Gasteiger partial charge < -0.3 is 9.84 Å². The first kappa shape index (κ1) is 13.0. The van der Waals surface area contributed by atoms with Crippen LogP contribution in [0.5, 0.6) is 0 Å². The number of hydrogen-bond donors (Lipinski definition) is 0. The molecule has 10 heavy (non-hydrogen) atoms. The SMILES string of the molecule is C/C=C(/[O-])OC(C)(C)C.[Na+]. The smallest absolute Gasteiger partial charge is 0.608 e. The van der Waals surface area contributed by atoms with Crippen LogP contribution in [0.2, 0.25) is 0 Å². The fourth-order valence-electron chi connectivity index (χ4n) is 0.361. The van der Waals surface area contributed by atoms with Crippen molar-refractivity contribution in [3.8, 4) is 0 Å². The minimum absolute atomic E-state index is 0. The first-order valence-corrected chi connectivity index (χ1v) is 2.98. The van der Waals surface area contributed by atoms with Crippen LogP contribution in [-0.2, 0) is 4.74 Å².